The molecule has 94 valence electrons. The quantitative estimate of drug-likeness (QED) is 0.628. The van der Waals surface area contributed by atoms with Gasteiger partial charge in [-0.1, -0.05) is 6.92 Å². The molecule has 5 heteroatoms. The van der Waals surface area contributed by atoms with Gasteiger partial charge in [-0.25, -0.2) is 9.78 Å². The Kier molecular flexibility index (Phi) is 5.42. The molecular formula is C12H18N2O3. The average Bonchev–Trinajstić information content (AvgIpc) is 2.34. The van der Waals surface area contributed by atoms with Gasteiger partial charge < -0.3 is 15.5 Å². The van der Waals surface area contributed by atoms with E-state index in [2.05, 4.69) is 10.3 Å². The highest BCUT2D eigenvalue weighted by atomic mass is 16.4. The zero-order chi connectivity index (χ0) is 12.7. The lowest BCUT2D eigenvalue weighted by atomic mass is 10.1. The molecule has 17 heavy (non-hydrogen) atoms. The molecule has 1 unspecified atom stereocenters. The lowest BCUT2D eigenvalue weighted by Crippen LogP contribution is -2.07. The van der Waals surface area contributed by atoms with Gasteiger partial charge in [-0.05, 0) is 30.9 Å². The summed E-state index contributed by atoms with van der Waals surface area (Å²) in [5.41, 5.74) is 0.858. The largest absolute Gasteiger partial charge is 0.477 e. The smallest absolute Gasteiger partial charge is 0.354 e. The third-order valence-corrected chi connectivity index (χ3v) is 2.50. The first-order valence-corrected chi connectivity index (χ1v) is 5.67. The van der Waals surface area contributed by atoms with Crippen molar-refractivity contribution in [3.63, 3.8) is 0 Å². The molecule has 1 rings (SSSR count). The van der Waals surface area contributed by atoms with E-state index in [-0.39, 0.29) is 12.3 Å². The van der Waals surface area contributed by atoms with Crippen molar-refractivity contribution in [1.29, 1.82) is 0 Å². The van der Waals surface area contributed by atoms with Crippen LogP contribution < -0.4 is 5.32 Å². The molecule has 0 fully saturated rings. The fourth-order valence-corrected chi connectivity index (χ4v) is 1.40. The number of nitrogens with one attached hydrogen (secondary N) is 1. The molecule has 0 radical (unpaired) electrons. The van der Waals surface area contributed by atoms with Crippen LogP contribution in [0.5, 0.6) is 0 Å². The van der Waals surface area contributed by atoms with Crippen molar-refractivity contribution in [1.82, 2.24) is 4.98 Å². The number of aliphatic hydroxyl groups is 1. The van der Waals surface area contributed by atoms with Crippen molar-refractivity contribution >= 4 is 11.7 Å². The molecule has 0 saturated heterocycles. The van der Waals surface area contributed by atoms with E-state index in [0.717, 1.165) is 25.1 Å². The lowest BCUT2D eigenvalue weighted by Gasteiger charge is -2.09. The SMILES string of the molecule is CC(CO)CCCNc1ccc(C(=O)O)nc1. The molecular weight excluding hydrogens is 220 g/mol. The Labute approximate surface area is 101 Å². The Bertz CT molecular complexity index is 351. The first-order valence-electron chi connectivity index (χ1n) is 5.67. The Morgan fingerprint density at radius 3 is 2.82 bits per heavy atom. The van der Waals surface area contributed by atoms with Crippen molar-refractivity contribution in [3.05, 3.63) is 24.0 Å². The molecule has 1 heterocycles. The third-order valence-electron chi connectivity index (χ3n) is 2.50. The number of pyridine rings is 1. The zero-order valence-corrected chi connectivity index (χ0v) is 9.89. The van der Waals surface area contributed by atoms with E-state index in [1.165, 1.54) is 12.3 Å². The number of rotatable bonds is 7. The van der Waals surface area contributed by atoms with Gasteiger partial charge in [0.15, 0.2) is 0 Å². The van der Waals surface area contributed by atoms with Crippen LogP contribution in [-0.4, -0.2) is 34.3 Å². The number of hydrogen-bond donors (Lipinski definition) is 3. The zero-order valence-electron chi connectivity index (χ0n) is 9.89. The Hall–Kier alpha value is -1.62. The standard InChI is InChI=1S/C12H18N2O3/c1-9(8-15)3-2-6-13-10-4-5-11(12(16)17)14-7-10/h4-5,7,9,13,15H,2-3,6,8H2,1H3,(H,16,17). The van der Waals surface area contributed by atoms with Gasteiger partial charge in [0.2, 0.25) is 0 Å². The highest BCUT2D eigenvalue weighted by molar-refractivity contribution is 5.85. The lowest BCUT2D eigenvalue weighted by molar-refractivity contribution is 0.0690. The fourth-order valence-electron chi connectivity index (χ4n) is 1.40. The first-order chi connectivity index (χ1) is 8.13. The molecule has 0 bridgehead atoms. The van der Waals surface area contributed by atoms with Crippen LogP contribution in [0.2, 0.25) is 0 Å². The van der Waals surface area contributed by atoms with Crippen LogP contribution in [0.3, 0.4) is 0 Å². The van der Waals surface area contributed by atoms with Gasteiger partial charge in [0.25, 0.3) is 0 Å². The number of carboxylic acids is 1. The number of nitrogens with zero attached hydrogens (tertiary/aromatic N) is 1. The minimum atomic E-state index is -1.02. The van der Waals surface area contributed by atoms with Crippen LogP contribution in [0.1, 0.15) is 30.3 Å². The van der Waals surface area contributed by atoms with Gasteiger partial charge in [-0.2, -0.15) is 0 Å². The summed E-state index contributed by atoms with van der Waals surface area (Å²) >= 11 is 0. The Morgan fingerprint density at radius 1 is 1.53 bits per heavy atom. The summed E-state index contributed by atoms with van der Waals surface area (Å²) in [7, 11) is 0. The van der Waals surface area contributed by atoms with Crippen LogP contribution in [0.4, 0.5) is 5.69 Å². The number of anilines is 1. The second kappa shape index (κ2) is 6.85. The van der Waals surface area contributed by atoms with Gasteiger partial charge in [-0.3, -0.25) is 0 Å². The monoisotopic (exact) mass is 238 g/mol. The van der Waals surface area contributed by atoms with Crippen molar-refractivity contribution in [2.24, 2.45) is 5.92 Å². The number of aromatic nitrogens is 1. The molecule has 1 aromatic heterocycles. The molecule has 0 aliphatic rings. The second-order valence-electron chi connectivity index (χ2n) is 4.09. The molecule has 0 aliphatic carbocycles. The van der Waals surface area contributed by atoms with Crippen molar-refractivity contribution in [2.75, 3.05) is 18.5 Å². The molecule has 0 aromatic carbocycles. The third kappa shape index (κ3) is 4.82. The minimum absolute atomic E-state index is 0.0458. The summed E-state index contributed by atoms with van der Waals surface area (Å²) in [5.74, 6) is -0.697. The fraction of sp³-hybridized carbons (Fsp3) is 0.500. The molecule has 0 spiro atoms. The molecule has 3 N–H and O–H groups in total. The highest BCUT2D eigenvalue weighted by Crippen LogP contribution is 2.08. The van der Waals surface area contributed by atoms with E-state index in [4.69, 9.17) is 10.2 Å². The van der Waals surface area contributed by atoms with Crippen molar-refractivity contribution in [3.8, 4) is 0 Å². The average molecular weight is 238 g/mol. The topological polar surface area (TPSA) is 82.5 Å². The van der Waals surface area contributed by atoms with E-state index in [0.29, 0.717) is 5.92 Å². The maximum absolute atomic E-state index is 10.6. The molecule has 5 nitrogen and oxygen atoms in total. The Balaban J connectivity index is 2.30. The van der Waals surface area contributed by atoms with E-state index < -0.39 is 5.97 Å². The molecule has 1 aromatic rings. The van der Waals surface area contributed by atoms with E-state index >= 15 is 0 Å². The molecule has 1 atom stereocenters. The number of aliphatic hydroxyl groups excluding tert-OH is 1. The summed E-state index contributed by atoms with van der Waals surface area (Å²) in [5, 5.41) is 20.7. The van der Waals surface area contributed by atoms with Crippen molar-refractivity contribution in [2.45, 2.75) is 19.8 Å². The van der Waals surface area contributed by atoms with Crippen LogP contribution in [-0.2, 0) is 0 Å². The van der Waals surface area contributed by atoms with Gasteiger partial charge in [0.05, 0.1) is 11.9 Å². The van der Waals surface area contributed by atoms with Gasteiger partial charge >= 0.3 is 5.97 Å². The number of aromatic carboxylic acids is 1. The summed E-state index contributed by atoms with van der Waals surface area (Å²) in [6.45, 7) is 3.01. The van der Waals surface area contributed by atoms with E-state index in [1.807, 2.05) is 6.92 Å². The van der Waals surface area contributed by atoms with Crippen LogP contribution in [0, 0.1) is 5.92 Å². The van der Waals surface area contributed by atoms with Crippen LogP contribution >= 0.6 is 0 Å². The van der Waals surface area contributed by atoms with Gasteiger partial charge in [-0.15, -0.1) is 0 Å². The molecule has 0 aliphatic heterocycles. The van der Waals surface area contributed by atoms with E-state index in [1.54, 1.807) is 6.07 Å². The van der Waals surface area contributed by atoms with Gasteiger partial charge in [0, 0.05) is 13.2 Å². The van der Waals surface area contributed by atoms with Crippen LogP contribution in [0.15, 0.2) is 18.3 Å². The summed E-state index contributed by atoms with van der Waals surface area (Å²) in [6.07, 6.45) is 3.44. The highest BCUT2D eigenvalue weighted by Gasteiger charge is 2.03. The minimum Gasteiger partial charge on any atom is -0.477 e. The molecule has 0 amide bonds. The second-order valence-corrected chi connectivity index (χ2v) is 4.09. The van der Waals surface area contributed by atoms with Crippen LogP contribution in [0.25, 0.3) is 0 Å². The predicted molar refractivity (Wildman–Crippen MR) is 65.2 cm³/mol. The number of carbonyl (C=O) groups is 1. The maximum atomic E-state index is 10.6. The first kappa shape index (κ1) is 13.4. The molecule has 0 saturated carbocycles. The van der Waals surface area contributed by atoms with E-state index in [9.17, 15) is 4.79 Å². The number of carboxylic acid groups (broad SMARTS) is 1. The summed E-state index contributed by atoms with van der Waals surface area (Å²) < 4.78 is 0. The predicted octanol–water partition coefficient (Wildman–Crippen LogP) is 1.60. The maximum Gasteiger partial charge on any atom is 0.354 e. The summed E-state index contributed by atoms with van der Waals surface area (Å²) in [4.78, 5) is 14.4. The van der Waals surface area contributed by atoms with Gasteiger partial charge in [0.1, 0.15) is 5.69 Å². The Morgan fingerprint density at radius 2 is 2.29 bits per heavy atom. The normalized spacial score (nSPS) is 12.1. The van der Waals surface area contributed by atoms with Crippen molar-refractivity contribution < 1.29 is 15.0 Å². The number of hydrogen-bond acceptors (Lipinski definition) is 4. The summed E-state index contributed by atoms with van der Waals surface area (Å²) in [6, 6.07) is 3.17.